The van der Waals surface area contributed by atoms with E-state index in [1.165, 1.54) is 12.1 Å². The van der Waals surface area contributed by atoms with Crippen molar-refractivity contribution >= 4 is 16.6 Å². The summed E-state index contributed by atoms with van der Waals surface area (Å²) in [4.78, 5) is 10.3. The molecule has 0 fully saturated rings. The van der Waals surface area contributed by atoms with Gasteiger partial charge in [-0.15, -0.1) is 0 Å². The molecule has 0 spiro atoms. The van der Waals surface area contributed by atoms with Crippen molar-refractivity contribution in [3.63, 3.8) is 0 Å². The van der Waals surface area contributed by atoms with Crippen LogP contribution in [0.15, 0.2) is 48.7 Å². The molecule has 0 unspecified atom stereocenters. The van der Waals surface area contributed by atoms with E-state index >= 15 is 0 Å². The fourth-order valence-electron chi connectivity index (χ4n) is 2.29. The maximum atomic E-state index is 13.7. The highest BCUT2D eigenvalue weighted by Gasteiger charge is 2.10. The maximum Gasteiger partial charge on any atom is 0.270 e. The van der Waals surface area contributed by atoms with Gasteiger partial charge in [0, 0.05) is 34.8 Å². The molecule has 0 aliphatic heterocycles. The lowest BCUT2D eigenvalue weighted by Crippen LogP contribution is -2.01. The van der Waals surface area contributed by atoms with Gasteiger partial charge in [0.1, 0.15) is 11.6 Å². The molecule has 4 nitrogen and oxygen atoms in total. The Morgan fingerprint density at radius 2 is 1.90 bits per heavy atom. The van der Waals surface area contributed by atoms with Gasteiger partial charge in [0.2, 0.25) is 0 Å². The second-order valence-electron chi connectivity index (χ2n) is 4.68. The highest BCUT2D eigenvalue weighted by atomic mass is 19.1. The molecule has 21 heavy (non-hydrogen) atoms. The number of aromatic nitrogens is 1. The van der Waals surface area contributed by atoms with Gasteiger partial charge in [-0.1, -0.05) is 0 Å². The lowest BCUT2D eigenvalue weighted by atomic mass is 10.2. The number of nitro groups is 1. The molecule has 0 saturated heterocycles. The van der Waals surface area contributed by atoms with Gasteiger partial charge in [-0.2, -0.15) is 0 Å². The van der Waals surface area contributed by atoms with E-state index in [1.54, 1.807) is 22.9 Å². The lowest BCUT2D eigenvalue weighted by molar-refractivity contribution is -0.384. The minimum Gasteiger partial charge on any atom is -0.343 e. The molecular weight excluding hydrogens is 278 g/mol. The maximum absolute atomic E-state index is 13.7. The predicted molar refractivity (Wildman–Crippen MR) is 74.1 cm³/mol. The Hall–Kier alpha value is -2.76. The molecular formula is C15H10F2N2O2. The van der Waals surface area contributed by atoms with Gasteiger partial charge in [-0.3, -0.25) is 10.1 Å². The standard InChI is InChI=1S/C15H10F2N2O2/c16-12-1-3-14(17)11(7-12)9-18-6-5-10-8-13(19(20)21)2-4-15(10)18/h1-8H,9H2. The number of nitro benzene ring substituents is 1. The Kier molecular flexibility index (Phi) is 3.13. The minimum atomic E-state index is -0.501. The van der Waals surface area contributed by atoms with E-state index in [-0.39, 0.29) is 17.8 Å². The SMILES string of the molecule is O=[N+]([O-])c1ccc2c(ccn2Cc2cc(F)ccc2F)c1. The molecule has 0 N–H and O–H groups in total. The average Bonchev–Trinajstić information content (AvgIpc) is 2.85. The smallest absolute Gasteiger partial charge is 0.270 e. The number of halogens is 2. The van der Waals surface area contributed by atoms with Gasteiger partial charge in [-0.25, -0.2) is 8.78 Å². The summed E-state index contributed by atoms with van der Waals surface area (Å²) in [6, 6.07) is 9.45. The van der Waals surface area contributed by atoms with Gasteiger partial charge >= 0.3 is 0 Å². The summed E-state index contributed by atoms with van der Waals surface area (Å²) in [5.74, 6) is -0.987. The fourth-order valence-corrected chi connectivity index (χ4v) is 2.29. The van der Waals surface area contributed by atoms with Crippen molar-refractivity contribution in [2.45, 2.75) is 6.54 Å². The molecule has 1 aromatic heterocycles. The van der Waals surface area contributed by atoms with Crippen LogP contribution in [0.5, 0.6) is 0 Å². The first kappa shape index (κ1) is 13.2. The van der Waals surface area contributed by atoms with Crippen molar-refractivity contribution in [2.75, 3.05) is 0 Å². The number of hydrogen-bond donors (Lipinski definition) is 0. The van der Waals surface area contributed by atoms with Crippen molar-refractivity contribution in [2.24, 2.45) is 0 Å². The molecule has 3 aromatic rings. The second kappa shape index (κ2) is 4.97. The molecule has 0 amide bonds. The second-order valence-corrected chi connectivity index (χ2v) is 4.68. The Bertz CT molecular complexity index is 843. The number of fused-ring (bicyclic) bond motifs is 1. The van der Waals surface area contributed by atoms with E-state index in [2.05, 4.69) is 0 Å². The number of nitrogens with zero attached hydrogens (tertiary/aromatic N) is 2. The normalized spacial score (nSPS) is 11.0. The molecule has 0 aliphatic rings. The number of non-ortho nitro benzene ring substituents is 1. The summed E-state index contributed by atoms with van der Waals surface area (Å²) in [5, 5.41) is 11.4. The van der Waals surface area contributed by atoms with Crippen LogP contribution in [0.4, 0.5) is 14.5 Å². The van der Waals surface area contributed by atoms with E-state index in [1.807, 2.05) is 0 Å². The third-order valence-electron chi connectivity index (χ3n) is 3.31. The summed E-state index contributed by atoms with van der Waals surface area (Å²) in [6.07, 6.45) is 1.69. The molecule has 6 heteroatoms. The third kappa shape index (κ3) is 2.47. The number of benzene rings is 2. The zero-order valence-corrected chi connectivity index (χ0v) is 10.8. The topological polar surface area (TPSA) is 48.1 Å². The predicted octanol–water partition coefficient (Wildman–Crippen LogP) is 3.88. The Labute approximate surface area is 118 Å². The van der Waals surface area contributed by atoms with Gasteiger partial charge in [-0.05, 0) is 30.3 Å². The first-order chi connectivity index (χ1) is 10.0. The van der Waals surface area contributed by atoms with Crippen molar-refractivity contribution in [1.29, 1.82) is 0 Å². The fraction of sp³-hybridized carbons (Fsp3) is 0.0667. The zero-order chi connectivity index (χ0) is 15.0. The van der Waals surface area contributed by atoms with Crippen LogP contribution in [-0.4, -0.2) is 9.49 Å². The zero-order valence-electron chi connectivity index (χ0n) is 10.8. The number of hydrogen-bond acceptors (Lipinski definition) is 2. The summed E-state index contributed by atoms with van der Waals surface area (Å²) >= 11 is 0. The molecule has 0 saturated carbocycles. The van der Waals surface area contributed by atoms with Gasteiger partial charge in [0.15, 0.2) is 0 Å². The van der Waals surface area contributed by atoms with E-state index in [4.69, 9.17) is 0 Å². The van der Waals surface area contributed by atoms with E-state index in [0.29, 0.717) is 5.39 Å². The largest absolute Gasteiger partial charge is 0.343 e. The minimum absolute atomic E-state index is 0.00261. The van der Waals surface area contributed by atoms with E-state index in [0.717, 1.165) is 23.7 Å². The quantitative estimate of drug-likeness (QED) is 0.542. The number of rotatable bonds is 3. The van der Waals surface area contributed by atoms with Crippen LogP contribution < -0.4 is 0 Å². The van der Waals surface area contributed by atoms with Crippen molar-refractivity contribution in [3.05, 3.63) is 76.0 Å². The van der Waals surface area contributed by atoms with Crippen molar-refractivity contribution in [1.82, 2.24) is 4.57 Å². The first-order valence-electron chi connectivity index (χ1n) is 6.22. The lowest BCUT2D eigenvalue weighted by Gasteiger charge is -2.07. The molecule has 0 atom stereocenters. The van der Waals surface area contributed by atoms with Gasteiger partial charge in [0.05, 0.1) is 11.5 Å². The first-order valence-corrected chi connectivity index (χ1v) is 6.22. The van der Waals surface area contributed by atoms with Gasteiger partial charge < -0.3 is 4.57 Å². The Balaban J connectivity index is 2.01. The van der Waals surface area contributed by atoms with Crippen LogP contribution in [0.25, 0.3) is 10.9 Å². The molecule has 3 rings (SSSR count). The third-order valence-corrected chi connectivity index (χ3v) is 3.31. The van der Waals surface area contributed by atoms with Crippen LogP contribution in [0.1, 0.15) is 5.56 Å². The Morgan fingerprint density at radius 3 is 2.67 bits per heavy atom. The highest BCUT2D eigenvalue weighted by molar-refractivity contribution is 5.82. The highest BCUT2D eigenvalue weighted by Crippen LogP contribution is 2.23. The Morgan fingerprint density at radius 1 is 1.10 bits per heavy atom. The van der Waals surface area contributed by atoms with Crippen molar-refractivity contribution < 1.29 is 13.7 Å². The molecule has 2 aromatic carbocycles. The van der Waals surface area contributed by atoms with E-state index in [9.17, 15) is 18.9 Å². The molecule has 0 bridgehead atoms. The average molecular weight is 288 g/mol. The summed E-state index contributed by atoms with van der Waals surface area (Å²) in [7, 11) is 0. The summed E-state index contributed by atoms with van der Waals surface area (Å²) in [5.41, 5.74) is 0.951. The van der Waals surface area contributed by atoms with Crippen LogP contribution in [-0.2, 0) is 6.54 Å². The van der Waals surface area contributed by atoms with Crippen LogP contribution >= 0.6 is 0 Å². The van der Waals surface area contributed by atoms with Crippen LogP contribution in [0.2, 0.25) is 0 Å². The van der Waals surface area contributed by atoms with E-state index < -0.39 is 16.6 Å². The monoisotopic (exact) mass is 288 g/mol. The van der Waals surface area contributed by atoms with Crippen LogP contribution in [0.3, 0.4) is 0 Å². The van der Waals surface area contributed by atoms with Crippen LogP contribution in [0, 0.1) is 21.7 Å². The summed E-state index contributed by atoms with van der Waals surface area (Å²) in [6.45, 7) is 0.158. The molecule has 0 radical (unpaired) electrons. The molecule has 0 aliphatic carbocycles. The molecule has 1 heterocycles. The van der Waals surface area contributed by atoms with Gasteiger partial charge in [0.25, 0.3) is 5.69 Å². The molecule has 106 valence electrons. The van der Waals surface area contributed by atoms with Crippen molar-refractivity contribution in [3.8, 4) is 0 Å². The summed E-state index contributed by atoms with van der Waals surface area (Å²) < 4.78 is 28.6.